The third-order valence-electron chi connectivity index (χ3n) is 3.18. The average Bonchev–Trinajstić information content (AvgIpc) is 2.82. The number of aromatic nitrogens is 2. The Morgan fingerprint density at radius 1 is 1.59 bits per heavy atom. The topological polar surface area (TPSA) is 75.3 Å². The minimum atomic E-state index is -3.42. The Bertz CT molecular complexity index is 457. The van der Waals surface area contributed by atoms with Gasteiger partial charge in [0, 0.05) is 25.9 Å². The van der Waals surface area contributed by atoms with Crippen LogP contribution < -0.4 is 0 Å². The molecule has 0 radical (unpaired) electrons. The summed E-state index contributed by atoms with van der Waals surface area (Å²) < 4.78 is 31.4. The summed E-state index contributed by atoms with van der Waals surface area (Å²) in [6.45, 7) is 2.40. The lowest BCUT2D eigenvalue weighted by Gasteiger charge is -2.35. The summed E-state index contributed by atoms with van der Waals surface area (Å²) in [5, 5.41) is 6.21. The summed E-state index contributed by atoms with van der Waals surface area (Å²) in [6, 6.07) is -0.0476. The molecule has 2 atom stereocenters. The van der Waals surface area contributed by atoms with E-state index in [0.29, 0.717) is 6.54 Å². The molecule has 1 aromatic rings. The fourth-order valence-corrected chi connectivity index (χ4v) is 3.76. The maximum Gasteiger partial charge on any atom is 0.246 e. The molecule has 17 heavy (non-hydrogen) atoms. The lowest BCUT2D eigenvalue weighted by Crippen LogP contribution is -2.46. The highest BCUT2D eigenvalue weighted by molar-refractivity contribution is 7.89. The number of ether oxygens (including phenoxy) is 1. The summed E-state index contributed by atoms with van der Waals surface area (Å²) in [7, 11) is -1.75. The average molecular weight is 259 g/mol. The van der Waals surface area contributed by atoms with Crippen molar-refractivity contribution >= 4 is 10.0 Å². The van der Waals surface area contributed by atoms with E-state index in [1.165, 1.54) is 16.7 Å². The Morgan fingerprint density at radius 3 is 2.88 bits per heavy atom. The van der Waals surface area contributed by atoms with Gasteiger partial charge in [-0.2, -0.15) is 9.40 Å². The fraction of sp³-hybridized carbons (Fsp3) is 0.700. The molecule has 0 aromatic carbocycles. The first-order valence-electron chi connectivity index (χ1n) is 5.59. The van der Waals surface area contributed by atoms with Crippen LogP contribution in [0.15, 0.2) is 17.3 Å². The van der Waals surface area contributed by atoms with E-state index in [0.717, 1.165) is 12.8 Å². The Balaban J connectivity index is 2.19. The molecule has 2 unspecified atom stereocenters. The van der Waals surface area contributed by atoms with Gasteiger partial charge in [-0.3, -0.25) is 5.10 Å². The molecule has 0 spiro atoms. The molecule has 0 aliphatic carbocycles. The van der Waals surface area contributed by atoms with Gasteiger partial charge in [0.05, 0.1) is 12.3 Å². The molecule has 2 heterocycles. The highest BCUT2D eigenvalue weighted by atomic mass is 32.2. The quantitative estimate of drug-likeness (QED) is 0.862. The number of aromatic amines is 1. The number of hydrogen-bond donors (Lipinski definition) is 1. The number of H-pyrrole nitrogens is 1. The van der Waals surface area contributed by atoms with Crippen LogP contribution in [0.1, 0.15) is 19.8 Å². The lowest BCUT2D eigenvalue weighted by molar-refractivity contribution is 0.0422. The second-order valence-corrected chi connectivity index (χ2v) is 6.17. The number of nitrogens with zero attached hydrogens (tertiary/aromatic N) is 2. The van der Waals surface area contributed by atoms with Gasteiger partial charge in [0.25, 0.3) is 0 Å². The summed E-state index contributed by atoms with van der Waals surface area (Å²) in [5.74, 6) is 0. The predicted octanol–water partition coefficient (Wildman–Crippen LogP) is 0.598. The van der Waals surface area contributed by atoms with Crippen molar-refractivity contribution < 1.29 is 13.2 Å². The van der Waals surface area contributed by atoms with E-state index in [1.54, 1.807) is 7.11 Å². The molecule has 0 bridgehead atoms. The fourth-order valence-electron chi connectivity index (χ4n) is 2.19. The standard InChI is InChI=1S/C10H17N3O3S/c1-8-5-9(16-2)3-4-13(8)17(14,15)10-6-11-12-7-10/h6-9H,3-5H2,1-2H3,(H,11,12). The number of rotatable bonds is 3. The second-order valence-electron chi connectivity index (χ2n) is 4.28. The zero-order valence-corrected chi connectivity index (χ0v) is 10.8. The first-order valence-corrected chi connectivity index (χ1v) is 7.03. The van der Waals surface area contributed by atoms with Crippen molar-refractivity contribution in [1.82, 2.24) is 14.5 Å². The van der Waals surface area contributed by atoms with E-state index < -0.39 is 10.0 Å². The van der Waals surface area contributed by atoms with Gasteiger partial charge < -0.3 is 4.74 Å². The zero-order chi connectivity index (χ0) is 12.5. The number of nitrogens with one attached hydrogen (secondary N) is 1. The number of hydrogen-bond acceptors (Lipinski definition) is 4. The summed E-state index contributed by atoms with van der Waals surface area (Å²) in [6.07, 6.45) is 4.36. The number of sulfonamides is 1. The van der Waals surface area contributed by atoms with E-state index in [-0.39, 0.29) is 17.0 Å². The number of methoxy groups -OCH3 is 1. The molecule has 1 N–H and O–H groups in total. The van der Waals surface area contributed by atoms with Crippen LogP contribution in [0.5, 0.6) is 0 Å². The Hall–Kier alpha value is -0.920. The summed E-state index contributed by atoms with van der Waals surface area (Å²) in [4.78, 5) is 0.222. The maximum absolute atomic E-state index is 12.3. The minimum absolute atomic E-state index is 0.0476. The van der Waals surface area contributed by atoms with E-state index in [2.05, 4.69) is 10.2 Å². The van der Waals surface area contributed by atoms with Crippen molar-refractivity contribution in [2.45, 2.75) is 36.8 Å². The van der Waals surface area contributed by atoms with Gasteiger partial charge in [0.15, 0.2) is 0 Å². The predicted molar refractivity (Wildman–Crippen MR) is 62.0 cm³/mol. The highest BCUT2D eigenvalue weighted by Gasteiger charge is 2.34. The van der Waals surface area contributed by atoms with Crippen LogP contribution in [0.4, 0.5) is 0 Å². The molecule has 96 valence electrons. The van der Waals surface area contributed by atoms with E-state index in [4.69, 9.17) is 4.74 Å². The zero-order valence-electron chi connectivity index (χ0n) is 9.96. The SMILES string of the molecule is COC1CCN(S(=O)(=O)c2cn[nH]c2)C(C)C1. The van der Waals surface area contributed by atoms with E-state index in [1.807, 2.05) is 6.92 Å². The Kier molecular flexibility index (Phi) is 3.50. The van der Waals surface area contributed by atoms with Crippen molar-refractivity contribution in [3.05, 3.63) is 12.4 Å². The van der Waals surface area contributed by atoms with Crippen molar-refractivity contribution in [3.8, 4) is 0 Å². The monoisotopic (exact) mass is 259 g/mol. The third-order valence-corrected chi connectivity index (χ3v) is 5.16. The summed E-state index contributed by atoms with van der Waals surface area (Å²) >= 11 is 0. The minimum Gasteiger partial charge on any atom is -0.381 e. The van der Waals surface area contributed by atoms with Crippen molar-refractivity contribution in [2.75, 3.05) is 13.7 Å². The molecule has 1 aliphatic heterocycles. The van der Waals surface area contributed by atoms with Gasteiger partial charge >= 0.3 is 0 Å². The van der Waals surface area contributed by atoms with Crippen molar-refractivity contribution in [3.63, 3.8) is 0 Å². The Labute approximate surface area is 101 Å². The van der Waals surface area contributed by atoms with Crippen LogP contribution in [0.3, 0.4) is 0 Å². The van der Waals surface area contributed by atoms with Crippen molar-refractivity contribution in [2.24, 2.45) is 0 Å². The van der Waals surface area contributed by atoms with Crippen LogP contribution in [0.2, 0.25) is 0 Å². The van der Waals surface area contributed by atoms with Gasteiger partial charge in [-0.25, -0.2) is 8.42 Å². The van der Waals surface area contributed by atoms with E-state index in [9.17, 15) is 8.42 Å². The van der Waals surface area contributed by atoms with Gasteiger partial charge in [-0.1, -0.05) is 0 Å². The lowest BCUT2D eigenvalue weighted by atomic mass is 10.0. The molecule has 0 saturated carbocycles. The molecule has 1 aromatic heterocycles. The largest absolute Gasteiger partial charge is 0.381 e. The van der Waals surface area contributed by atoms with Crippen molar-refractivity contribution in [1.29, 1.82) is 0 Å². The molecule has 0 amide bonds. The summed E-state index contributed by atoms with van der Waals surface area (Å²) in [5.41, 5.74) is 0. The van der Waals surface area contributed by atoms with Crippen LogP contribution in [0.25, 0.3) is 0 Å². The smallest absolute Gasteiger partial charge is 0.246 e. The highest BCUT2D eigenvalue weighted by Crippen LogP contribution is 2.25. The van der Waals surface area contributed by atoms with Gasteiger partial charge in [0.1, 0.15) is 4.90 Å². The Morgan fingerprint density at radius 2 is 2.35 bits per heavy atom. The molecule has 1 saturated heterocycles. The third kappa shape index (κ3) is 2.36. The molecular formula is C10H17N3O3S. The molecule has 7 heteroatoms. The molecule has 2 rings (SSSR count). The molecule has 6 nitrogen and oxygen atoms in total. The van der Waals surface area contributed by atoms with Gasteiger partial charge in [0.2, 0.25) is 10.0 Å². The van der Waals surface area contributed by atoms with E-state index >= 15 is 0 Å². The van der Waals surface area contributed by atoms with Gasteiger partial charge in [-0.15, -0.1) is 0 Å². The van der Waals surface area contributed by atoms with Crippen LogP contribution in [-0.4, -0.2) is 48.7 Å². The number of piperidine rings is 1. The van der Waals surface area contributed by atoms with Crippen LogP contribution >= 0.6 is 0 Å². The van der Waals surface area contributed by atoms with Crippen LogP contribution in [0, 0.1) is 0 Å². The molecular weight excluding hydrogens is 242 g/mol. The molecule has 1 aliphatic rings. The maximum atomic E-state index is 12.3. The first kappa shape index (κ1) is 12.5. The van der Waals surface area contributed by atoms with Crippen LogP contribution in [-0.2, 0) is 14.8 Å². The molecule has 1 fully saturated rings. The van der Waals surface area contributed by atoms with Gasteiger partial charge in [-0.05, 0) is 19.8 Å². The first-order chi connectivity index (χ1) is 8.05. The normalized spacial score (nSPS) is 27.2. The second kappa shape index (κ2) is 4.75.